The van der Waals surface area contributed by atoms with Crippen molar-refractivity contribution in [3.63, 3.8) is 0 Å². The molecule has 0 saturated heterocycles. The van der Waals surface area contributed by atoms with Gasteiger partial charge in [-0.3, -0.25) is 0 Å². The quantitative estimate of drug-likeness (QED) is 0.553. The SMILES string of the molecule is CC(SC(C)[Si](Cl)(Cl)Cl)c1ccccc1. The topological polar surface area (TPSA) is 0 Å². The molecule has 2 atom stereocenters. The Morgan fingerprint density at radius 3 is 2.07 bits per heavy atom. The summed E-state index contributed by atoms with van der Waals surface area (Å²) in [6.45, 7) is 4.13. The van der Waals surface area contributed by atoms with Gasteiger partial charge in [0.05, 0.1) is 0 Å². The monoisotopic (exact) mass is 298 g/mol. The molecule has 0 spiro atoms. The first kappa shape index (κ1) is 13.7. The lowest BCUT2D eigenvalue weighted by molar-refractivity contribution is 1.09. The highest BCUT2D eigenvalue weighted by molar-refractivity contribution is 8.04. The number of rotatable bonds is 4. The van der Waals surface area contributed by atoms with Crippen molar-refractivity contribution in [3.05, 3.63) is 35.9 Å². The molecular formula is C10H13Cl3SSi. The fraction of sp³-hybridized carbons (Fsp3) is 0.400. The van der Waals surface area contributed by atoms with Crippen LogP contribution in [0.15, 0.2) is 30.3 Å². The van der Waals surface area contributed by atoms with E-state index < -0.39 is 6.00 Å². The van der Waals surface area contributed by atoms with Crippen molar-refractivity contribution in [1.82, 2.24) is 0 Å². The molecule has 15 heavy (non-hydrogen) atoms. The predicted octanol–water partition coefficient (Wildman–Crippen LogP) is 5.06. The van der Waals surface area contributed by atoms with E-state index >= 15 is 0 Å². The van der Waals surface area contributed by atoms with E-state index in [0.717, 1.165) is 0 Å². The lowest BCUT2D eigenvalue weighted by Crippen LogP contribution is -2.25. The van der Waals surface area contributed by atoms with Crippen molar-refractivity contribution >= 4 is 51.0 Å². The van der Waals surface area contributed by atoms with Gasteiger partial charge in [0, 0.05) is 10.1 Å². The molecule has 2 unspecified atom stereocenters. The Morgan fingerprint density at radius 2 is 1.60 bits per heavy atom. The Morgan fingerprint density at radius 1 is 1.07 bits per heavy atom. The van der Waals surface area contributed by atoms with Crippen LogP contribution in [0, 0.1) is 0 Å². The van der Waals surface area contributed by atoms with Crippen LogP contribution >= 0.6 is 45.0 Å². The molecule has 1 aromatic carbocycles. The summed E-state index contributed by atoms with van der Waals surface area (Å²) in [7, 11) is 0. The predicted molar refractivity (Wildman–Crippen MR) is 75.2 cm³/mol. The first-order valence-electron chi connectivity index (χ1n) is 4.68. The van der Waals surface area contributed by atoms with Crippen LogP contribution < -0.4 is 0 Å². The summed E-state index contributed by atoms with van der Waals surface area (Å²) in [6, 6.07) is 7.70. The van der Waals surface area contributed by atoms with E-state index in [1.165, 1.54) is 5.56 Å². The van der Waals surface area contributed by atoms with Gasteiger partial charge in [-0.2, -0.15) is 11.8 Å². The van der Waals surface area contributed by atoms with Gasteiger partial charge in [0.2, 0.25) is 0 Å². The fourth-order valence-electron chi connectivity index (χ4n) is 1.19. The van der Waals surface area contributed by atoms with E-state index in [1.807, 2.05) is 25.1 Å². The second kappa shape index (κ2) is 5.83. The Kier molecular flexibility index (Phi) is 5.33. The van der Waals surface area contributed by atoms with Crippen molar-refractivity contribution in [2.75, 3.05) is 0 Å². The zero-order valence-corrected chi connectivity index (χ0v) is 12.7. The maximum atomic E-state index is 5.96. The standard InChI is InChI=1S/C10H13Cl3SSi/c1-8(10-6-4-3-5-7-10)14-9(2)15(11,12)13/h3-9H,1-2H3. The third-order valence-electron chi connectivity index (χ3n) is 2.14. The molecule has 1 aromatic rings. The highest BCUT2D eigenvalue weighted by Gasteiger charge is 2.34. The van der Waals surface area contributed by atoms with Crippen molar-refractivity contribution in [1.29, 1.82) is 0 Å². The minimum absolute atomic E-state index is 0.109. The largest absolute Gasteiger partial charge is 0.353 e. The summed E-state index contributed by atoms with van der Waals surface area (Å²) in [6.07, 6.45) is 0. The van der Waals surface area contributed by atoms with Crippen LogP contribution in [0.4, 0.5) is 0 Å². The first-order chi connectivity index (χ1) is 6.91. The molecule has 0 nitrogen and oxygen atoms in total. The molecule has 1 rings (SSSR count). The van der Waals surface area contributed by atoms with Gasteiger partial charge in [-0.25, -0.2) is 0 Å². The van der Waals surface area contributed by atoms with E-state index in [9.17, 15) is 0 Å². The van der Waals surface area contributed by atoms with Gasteiger partial charge < -0.3 is 0 Å². The zero-order chi connectivity index (χ0) is 11.5. The fourth-order valence-corrected chi connectivity index (χ4v) is 4.73. The lowest BCUT2D eigenvalue weighted by atomic mass is 10.2. The molecule has 0 amide bonds. The molecule has 0 saturated carbocycles. The van der Waals surface area contributed by atoms with Gasteiger partial charge in [0.1, 0.15) is 0 Å². The second-order valence-electron chi connectivity index (χ2n) is 3.37. The summed E-state index contributed by atoms with van der Waals surface area (Å²) >= 11 is 19.6. The van der Waals surface area contributed by atoms with Crippen LogP contribution in [-0.4, -0.2) is 10.9 Å². The average molecular weight is 300 g/mol. The Bertz CT molecular complexity index is 299. The van der Waals surface area contributed by atoms with Crippen LogP contribution in [0.5, 0.6) is 0 Å². The molecule has 0 fully saturated rings. The third kappa shape index (κ3) is 4.57. The van der Waals surface area contributed by atoms with E-state index in [0.29, 0.717) is 5.25 Å². The van der Waals surface area contributed by atoms with Gasteiger partial charge in [0.25, 0.3) is 0 Å². The van der Waals surface area contributed by atoms with E-state index in [1.54, 1.807) is 11.8 Å². The zero-order valence-electron chi connectivity index (χ0n) is 8.58. The molecule has 0 heterocycles. The van der Waals surface area contributed by atoms with Gasteiger partial charge in [-0.1, -0.05) is 37.3 Å². The first-order valence-corrected chi connectivity index (χ1v) is 10.7. The van der Waals surface area contributed by atoms with Crippen molar-refractivity contribution in [2.24, 2.45) is 0 Å². The molecule has 0 radical (unpaired) electrons. The van der Waals surface area contributed by atoms with Gasteiger partial charge in [-0.15, -0.1) is 33.2 Å². The maximum absolute atomic E-state index is 5.96. The highest BCUT2D eigenvalue weighted by Crippen LogP contribution is 2.39. The van der Waals surface area contributed by atoms with E-state index in [-0.39, 0.29) is 4.87 Å². The number of thioether (sulfide) groups is 1. The molecular weight excluding hydrogens is 287 g/mol. The summed E-state index contributed by atoms with van der Waals surface area (Å²) in [5.74, 6) is 0. The van der Waals surface area contributed by atoms with Gasteiger partial charge >= 0.3 is 6.00 Å². The molecule has 0 bridgehead atoms. The Labute approximate surface area is 110 Å². The van der Waals surface area contributed by atoms with Crippen molar-refractivity contribution < 1.29 is 0 Å². The summed E-state index contributed by atoms with van der Waals surface area (Å²) in [4.78, 5) is 0.109. The minimum Gasteiger partial charge on any atom is -0.150 e. The van der Waals surface area contributed by atoms with Crippen molar-refractivity contribution in [3.8, 4) is 0 Å². The minimum atomic E-state index is -2.58. The van der Waals surface area contributed by atoms with Gasteiger partial charge in [-0.05, 0) is 12.5 Å². The molecule has 0 N–H and O–H groups in total. The third-order valence-corrected chi connectivity index (χ3v) is 9.73. The summed E-state index contributed by atoms with van der Waals surface area (Å²) in [5, 5.41) is 0.365. The number of hydrogen-bond acceptors (Lipinski definition) is 1. The molecule has 0 aromatic heterocycles. The Balaban J connectivity index is 2.61. The van der Waals surface area contributed by atoms with Gasteiger partial charge in [0.15, 0.2) is 0 Å². The summed E-state index contributed by atoms with van der Waals surface area (Å²) in [5.41, 5.74) is 1.28. The number of benzene rings is 1. The van der Waals surface area contributed by atoms with E-state index in [4.69, 9.17) is 33.2 Å². The smallest absolute Gasteiger partial charge is 0.150 e. The normalized spacial score (nSPS) is 16.1. The highest BCUT2D eigenvalue weighted by atomic mass is 35.8. The molecule has 84 valence electrons. The average Bonchev–Trinajstić information content (AvgIpc) is 2.17. The van der Waals surface area contributed by atoms with Crippen LogP contribution in [0.25, 0.3) is 0 Å². The van der Waals surface area contributed by atoms with Crippen LogP contribution in [0.1, 0.15) is 24.7 Å². The number of hydrogen-bond donors (Lipinski definition) is 0. The van der Waals surface area contributed by atoms with Crippen LogP contribution in [0.2, 0.25) is 0 Å². The number of halogens is 3. The van der Waals surface area contributed by atoms with E-state index in [2.05, 4.69) is 19.1 Å². The molecule has 5 heteroatoms. The molecule has 0 aliphatic carbocycles. The second-order valence-corrected chi connectivity index (χ2v) is 14.5. The molecule has 0 aliphatic heterocycles. The van der Waals surface area contributed by atoms with Crippen molar-refractivity contribution in [2.45, 2.75) is 24.0 Å². The maximum Gasteiger partial charge on any atom is 0.353 e. The van der Waals surface area contributed by atoms with Crippen LogP contribution in [0.3, 0.4) is 0 Å². The summed E-state index contributed by atoms with van der Waals surface area (Å²) < 4.78 is 0. The van der Waals surface area contributed by atoms with Crippen LogP contribution in [-0.2, 0) is 0 Å². The lowest BCUT2D eigenvalue weighted by Gasteiger charge is -2.21. The Hall–Kier alpha value is 0.657. The molecule has 0 aliphatic rings.